The minimum Gasteiger partial charge on any atom is -0.462 e. The summed E-state index contributed by atoms with van der Waals surface area (Å²) in [6.45, 7) is 6.40. The van der Waals surface area contributed by atoms with E-state index in [0.29, 0.717) is 19.3 Å². The number of hydrogen-bond donors (Lipinski definition) is 0. The summed E-state index contributed by atoms with van der Waals surface area (Å²) in [5.41, 5.74) is 0. The molecule has 0 saturated heterocycles. The third-order valence-corrected chi connectivity index (χ3v) is 11.8. The highest BCUT2D eigenvalue weighted by atomic mass is 16.6. The molecule has 1 unspecified atom stereocenters. The van der Waals surface area contributed by atoms with Gasteiger partial charge >= 0.3 is 17.9 Å². The molecule has 0 rings (SSSR count). The lowest BCUT2D eigenvalue weighted by atomic mass is 10.0. The molecule has 0 heterocycles. The van der Waals surface area contributed by atoms with E-state index in [2.05, 4.69) is 93.7 Å². The molecule has 0 bridgehead atoms. The van der Waals surface area contributed by atoms with Crippen LogP contribution in [0.5, 0.6) is 0 Å². The minimum absolute atomic E-state index is 0.0843. The highest BCUT2D eigenvalue weighted by Crippen LogP contribution is 2.16. The van der Waals surface area contributed by atoms with Gasteiger partial charge in [0.15, 0.2) is 6.10 Å². The highest BCUT2D eigenvalue weighted by molar-refractivity contribution is 5.71. The lowest BCUT2D eigenvalue weighted by Crippen LogP contribution is -2.30. The van der Waals surface area contributed by atoms with E-state index in [1.165, 1.54) is 128 Å². The van der Waals surface area contributed by atoms with Crippen molar-refractivity contribution in [2.45, 2.75) is 271 Å². The molecule has 0 aliphatic carbocycles. The Morgan fingerprint density at radius 2 is 0.677 bits per heavy atom. The van der Waals surface area contributed by atoms with E-state index in [1.807, 2.05) is 0 Å². The average molecular weight is 907 g/mol. The zero-order chi connectivity index (χ0) is 47.2. The van der Waals surface area contributed by atoms with Crippen LogP contribution in [0.25, 0.3) is 0 Å². The van der Waals surface area contributed by atoms with Gasteiger partial charge in [-0.2, -0.15) is 0 Å². The summed E-state index contributed by atoms with van der Waals surface area (Å²) in [5.74, 6) is -0.900. The molecule has 0 aliphatic heterocycles. The van der Waals surface area contributed by atoms with Crippen molar-refractivity contribution in [2.24, 2.45) is 0 Å². The van der Waals surface area contributed by atoms with Crippen LogP contribution in [-0.4, -0.2) is 37.2 Å². The lowest BCUT2D eigenvalue weighted by molar-refractivity contribution is -0.167. The molecule has 1 atom stereocenters. The molecule has 0 saturated carbocycles. The number of unbranched alkanes of at least 4 members (excludes halogenated alkanes) is 28. The van der Waals surface area contributed by atoms with Gasteiger partial charge in [0, 0.05) is 19.3 Å². The van der Waals surface area contributed by atoms with Gasteiger partial charge in [0.1, 0.15) is 13.2 Å². The van der Waals surface area contributed by atoms with Crippen molar-refractivity contribution >= 4 is 17.9 Å². The highest BCUT2D eigenvalue weighted by Gasteiger charge is 2.19. The second-order valence-corrected chi connectivity index (χ2v) is 18.1. The van der Waals surface area contributed by atoms with Crippen LogP contribution in [0.4, 0.5) is 0 Å². The maximum absolute atomic E-state index is 12.8. The number of hydrogen-bond acceptors (Lipinski definition) is 6. The van der Waals surface area contributed by atoms with E-state index in [1.54, 1.807) is 0 Å². The fourth-order valence-electron chi connectivity index (χ4n) is 7.69. The number of carbonyl (C=O) groups excluding carboxylic acids is 3. The molecule has 0 fully saturated rings. The zero-order valence-corrected chi connectivity index (χ0v) is 42.7. The third kappa shape index (κ3) is 51.7. The number of allylic oxidation sites excluding steroid dienone is 12. The summed E-state index contributed by atoms with van der Waals surface area (Å²) in [6, 6.07) is 0. The van der Waals surface area contributed by atoms with Crippen LogP contribution in [-0.2, 0) is 28.6 Å². The molecule has 0 aliphatic rings. The van der Waals surface area contributed by atoms with Crippen LogP contribution in [0.2, 0.25) is 0 Å². The maximum Gasteiger partial charge on any atom is 0.306 e. The fourth-order valence-corrected chi connectivity index (χ4v) is 7.69. The van der Waals surface area contributed by atoms with Gasteiger partial charge in [-0.05, 0) is 70.6 Å². The third-order valence-electron chi connectivity index (χ3n) is 11.8. The summed E-state index contributed by atoms with van der Waals surface area (Å²) < 4.78 is 16.8. The fraction of sp³-hybridized carbons (Fsp3) is 0.746. The Kier molecular flexibility index (Phi) is 50.9. The average Bonchev–Trinajstić information content (AvgIpc) is 3.30. The first-order valence-corrected chi connectivity index (χ1v) is 27.5. The first-order valence-electron chi connectivity index (χ1n) is 27.5. The van der Waals surface area contributed by atoms with E-state index < -0.39 is 6.10 Å². The minimum atomic E-state index is -0.784. The van der Waals surface area contributed by atoms with E-state index in [0.717, 1.165) is 96.3 Å². The Bertz CT molecular complexity index is 1230. The molecule has 0 radical (unpaired) electrons. The van der Waals surface area contributed by atoms with Crippen molar-refractivity contribution in [3.8, 4) is 0 Å². The largest absolute Gasteiger partial charge is 0.462 e. The SMILES string of the molecule is CC\C=C/C=C\C=C/CCCCCCCCCC(=O)OCC(COC(=O)CCCCCCCC/C=C\C/C=C\C/C=C\CC)OC(=O)CCCCCCCCCCCCCCCCCC. The van der Waals surface area contributed by atoms with Crippen molar-refractivity contribution in [1.82, 2.24) is 0 Å². The van der Waals surface area contributed by atoms with Crippen molar-refractivity contribution in [3.63, 3.8) is 0 Å². The Morgan fingerprint density at radius 1 is 0.338 bits per heavy atom. The molecule has 6 nitrogen and oxygen atoms in total. The molecule has 374 valence electrons. The quantitative estimate of drug-likeness (QED) is 0.0199. The molecular formula is C59H102O6. The monoisotopic (exact) mass is 907 g/mol. The molecule has 0 amide bonds. The van der Waals surface area contributed by atoms with E-state index in [9.17, 15) is 14.4 Å². The summed E-state index contributed by atoms with van der Waals surface area (Å²) in [7, 11) is 0. The molecule has 0 aromatic carbocycles. The van der Waals surface area contributed by atoms with Gasteiger partial charge < -0.3 is 14.2 Å². The smallest absolute Gasteiger partial charge is 0.306 e. The van der Waals surface area contributed by atoms with Crippen molar-refractivity contribution in [2.75, 3.05) is 13.2 Å². The number of esters is 3. The van der Waals surface area contributed by atoms with Gasteiger partial charge in [-0.1, -0.05) is 248 Å². The summed E-state index contributed by atoms with van der Waals surface area (Å²) >= 11 is 0. The number of ether oxygens (including phenoxy) is 3. The normalized spacial score (nSPS) is 12.6. The zero-order valence-electron chi connectivity index (χ0n) is 42.7. The van der Waals surface area contributed by atoms with Crippen LogP contribution in [0, 0.1) is 0 Å². The molecule has 0 N–H and O–H groups in total. The predicted octanol–water partition coefficient (Wildman–Crippen LogP) is 18.2. The number of carbonyl (C=O) groups is 3. The van der Waals surface area contributed by atoms with Crippen molar-refractivity contribution < 1.29 is 28.6 Å². The van der Waals surface area contributed by atoms with Gasteiger partial charge in [-0.3, -0.25) is 14.4 Å². The summed E-state index contributed by atoms with van der Waals surface area (Å²) in [4.78, 5) is 38.1. The Morgan fingerprint density at radius 3 is 1.11 bits per heavy atom. The standard InChI is InChI=1S/C59H102O6/c1-4-7-10-13-16-19-22-25-28-31-34-37-40-43-46-49-52-58(61)64-55-56(54-63-57(60)51-48-45-42-39-36-33-30-27-24-21-18-15-12-9-6-3)65-59(62)53-50-47-44-41-38-35-32-29-26-23-20-17-14-11-8-5-2/h7,9-10,12,15-16,18-19,21,24-25,28,56H,4-6,8,11,13-14,17,20,22-23,26-27,29-55H2,1-3H3/b10-7-,12-9-,18-15-,19-16-,24-21-,28-25-. The Balaban J connectivity index is 4.40. The van der Waals surface area contributed by atoms with Crippen LogP contribution in [0.15, 0.2) is 72.9 Å². The van der Waals surface area contributed by atoms with Gasteiger partial charge in [-0.15, -0.1) is 0 Å². The van der Waals surface area contributed by atoms with Gasteiger partial charge in [0.05, 0.1) is 0 Å². The number of rotatable bonds is 49. The second-order valence-electron chi connectivity index (χ2n) is 18.1. The van der Waals surface area contributed by atoms with E-state index in [-0.39, 0.29) is 31.1 Å². The van der Waals surface area contributed by atoms with E-state index in [4.69, 9.17) is 14.2 Å². The molecule has 6 heteroatoms. The molecular weight excluding hydrogens is 805 g/mol. The molecule has 65 heavy (non-hydrogen) atoms. The first-order chi connectivity index (χ1) is 32.0. The van der Waals surface area contributed by atoms with Crippen LogP contribution in [0.1, 0.15) is 265 Å². The molecule has 0 aromatic heterocycles. The van der Waals surface area contributed by atoms with Crippen molar-refractivity contribution in [1.29, 1.82) is 0 Å². The summed E-state index contributed by atoms with van der Waals surface area (Å²) in [6.07, 6.45) is 67.4. The predicted molar refractivity (Wildman–Crippen MR) is 279 cm³/mol. The topological polar surface area (TPSA) is 78.9 Å². The second kappa shape index (κ2) is 53.5. The Labute approximate surface area is 402 Å². The van der Waals surface area contributed by atoms with Gasteiger partial charge in [0.2, 0.25) is 0 Å². The van der Waals surface area contributed by atoms with Crippen LogP contribution < -0.4 is 0 Å². The van der Waals surface area contributed by atoms with Crippen LogP contribution in [0.3, 0.4) is 0 Å². The first kappa shape index (κ1) is 61.9. The maximum atomic E-state index is 12.8. The Hall–Kier alpha value is -3.15. The van der Waals surface area contributed by atoms with Crippen LogP contribution >= 0.6 is 0 Å². The molecule has 0 aromatic rings. The summed E-state index contributed by atoms with van der Waals surface area (Å²) in [5, 5.41) is 0. The van der Waals surface area contributed by atoms with Gasteiger partial charge in [0.25, 0.3) is 0 Å². The van der Waals surface area contributed by atoms with Crippen molar-refractivity contribution in [3.05, 3.63) is 72.9 Å². The van der Waals surface area contributed by atoms with Gasteiger partial charge in [-0.25, -0.2) is 0 Å². The lowest BCUT2D eigenvalue weighted by Gasteiger charge is -2.18. The van der Waals surface area contributed by atoms with E-state index >= 15 is 0 Å². The molecule has 0 spiro atoms.